The van der Waals surface area contributed by atoms with Crippen LogP contribution in [0.25, 0.3) is 0 Å². The van der Waals surface area contributed by atoms with Gasteiger partial charge in [-0.25, -0.2) is 4.98 Å². The van der Waals surface area contributed by atoms with E-state index in [1.54, 1.807) is 6.07 Å². The van der Waals surface area contributed by atoms with E-state index in [-0.39, 0.29) is 25.9 Å². The van der Waals surface area contributed by atoms with E-state index in [9.17, 15) is 17.6 Å². The van der Waals surface area contributed by atoms with E-state index in [1.165, 1.54) is 16.7 Å². The van der Waals surface area contributed by atoms with Gasteiger partial charge in [0.25, 0.3) is 0 Å². The maximum Gasteiger partial charge on any atom is 0.393 e. The van der Waals surface area contributed by atoms with E-state index in [4.69, 9.17) is 0 Å². The van der Waals surface area contributed by atoms with Crippen molar-refractivity contribution in [3.8, 4) is 0 Å². The lowest BCUT2D eigenvalue weighted by atomic mass is 9.99. The van der Waals surface area contributed by atoms with Crippen molar-refractivity contribution in [3.63, 3.8) is 0 Å². The predicted octanol–water partition coefficient (Wildman–Crippen LogP) is 2.55. The molecule has 2 aromatic heterocycles. The Hall–Kier alpha value is -2.19. The third-order valence-corrected chi connectivity index (χ3v) is 3.63. The van der Waals surface area contributed by atoms with E-state index >= 15 is 0 Å². The fourth-order valence-corrected chi connectivity index (χ4v) is 2.46. The molecule has 1 aliphatic rings. The van der Waals surface area contributed by atoms with Gasteiger partial charge in [-0.15, -0.1) is 10.2 Å². The summed E-state index contributed by atoms with van der Waals surface area (Å²) in [5, 5.41) is 10.7. The van der Waals surface area contributed by atoms with Gasteiger partial charge in [0, 0.05) is 13.0 Å². The van der Waals surface area contributed by atoms with E-state index in [0.29, 0.717) is 17.5 Å². The molecule has 9 heteroatoms. The molecule has 0 aliphatic carbocycles. The number of rotatable bonds is 3. The number of aromatic nitrogens is 4. The number of nitrogens with one attached hydrogen (secondary N) is 1. The van der Waals surface area contributed by atoms with Crippen LogP contribution in [0.15, 0.2) is 18.2 Å². The molecule has 0 saturated heterocycles. The molecule has 1 N–H and O–H groups in total. The van der Waals surface area contributed by atoms with Crippen molar-refractivity contribution in [2.45, 2.75) is 32.1 Å². The molecule has 118 valence electrons. The summed E-state index contributed by atoms with van der Waals surface area (Å²) in [7, 11) is 0. The van der Waals surface area contributed by atoms with Gasteiger partial charge >= 0.3 is 6.18 Å². The number of aryl methyl sites for hydroxylation is 1. The maximum absolute atomic E-state index is 13.0. The number of fused-ring (bicyclic) bond motifs is 1. The first-order chi connectivity index (χ1) is 10.4. The molecule has 0 saturated carbocycles. The van der Waals surface area contributed by atoms with Gasteiger partial charge in [0.2, 0.25) is 5.95 Å². The second kappa shape index (κ2) is 5.54. The van der Waals surface area contributed by atoms with Crippen molar-refractivity contribution >= 4 is 5.82 Å². The number of nitrogens with zero attached hydrogens (tertiary/aromatic N) is 4. The minimum atomic E-state index is -4.23. The quantitative estimate of drug-likeness (QED) is 0.698. The topological polar surface area (TPSA) is 55.6 Å². The second-order valence-corrected chi connectivity index (χ2v) is 5.12. The highest BCUT2D eigenvalue weighted by Gasteiger charge is 2.42. The second-order valence-electron chi connectivity index (χ2n) is 5.12. The van der Waals surface area contributed by atoms with Crippen LogP contribution in [0.1, 0.15) is 18.1 Å². The fourth-order valence-electron chi connectivity index (χ4n) is 2.46. The Labute approximate surface area is 123 Å². The van der Waals surface area contributed by atoms with E-state index < -0.39 is 18.0 Å². The van der Waals surface area contributed by atoms with Crippen LogP contribution < -0.4 is 5.32 Å². The molecule has 0 bridgehead atoms. The number of halogens is 4. The Kier molecular flexibility index (Phi) is 3.71. The first-order valence-electron chi connectivity index (χ1n) is 6.77. The largest absolute Gasteiger partial charge is 0.393 e. The zero-order valence-corrected chi connectivity index (χ0v) is 11.4. The molecule has 1 atom stereocenters. The zero-order chi connectivity index (χ0) is 15.7. The van der Waals surface area contributed by atoms with Crippen LogP contribution in [-0.4, -0.2) is 25.9 Å². The molecule has 0 spiro atoms. The van der Waals surface area contributed by atoms with Gasteiger partial charge in [-0.05, 0) is 18.6 Å². The normalized spacial score (nSPS) is 18.1. The zero-order valence-electron chi connectivity index (χ0n) is 11.4. The molecule has 5 nitrogen and oxygen atoms in total. The summed E-state index contributed by atoms with van der Waals surface area (Å²) >= 11 is 0. The van der Waals surface area contributed by atoms with Gasteiger partial charge in [0.1, 0.15) is 11.6 Å². The number of hydrogen-bond donors (Lipinski definition) is 1. The molecule has 3 rings (SSSR count). The lowest BCUT2D eigenvalue weighted by Crippen LogP contribution is -2.33. The van der Waals surface area contributed by atoms with Gasteiger partial charge in [-0.1, -0.05) is 6.07 Å². The van der Waals surface area contributed by atoms with E-state index in [2.05, 4.69) is 20.5 Å². The summed E-state index contributed by atoms with van der Waals surface area (Å²) in [4.78, 5) is 3.62. The van der Waals surface area contributed by atoms with Crippen LogP contribution >= 0.6 is 0 Å². The molecule has 1 aliphatic heterocycles. The lowest BCUT2D eigenvalue weighted by molar-refractivity contribution is -0.182. The molecule has 2 aromatic rings. The standard InChI is InChI=1S/C13H13F4N5/c14-9-2-1-3-10(19-9)18-6-12-21-20-11-5-4-8(7-22(11)12)13(15,16)17/h1-3,8H,4-7H2,(H,18,19). The van der Waals surface area contributed by atoms with Gasteiger partial charge < -0.3 is 9.88 Å². The Morgan fingerprint density at radius 1 is 1.27 bits per heavy atom. The van der Waals surface area contributed by atoms with Crippen LogP contribution in [0.2, 0.25) is 0 Å². The highest BCUT2D eigenvalue weighted by Crippen LogP contribution is 2.34. The third-order valence-electron chi connectivity index (χ3n) is 3.63. The maximum atomic E-state index is 13.0. The molecular formula is C13H13F4N5. The van der Waals surface area contributed by atoms with Gasteiger partial charge in [0.15, 0.2) is 5.82 Å². The summed E-state index contributed by atoms with van der Waals surface area (Å²) in [6.45, 7) is -0.0482. The highest BCUT2D eigenvalue weighted by molar-refractivity contribution is 5.33. The van der Waals surface area contributed by atoms with E-state index in [1.807, 2.05) is 0 Å². The van der Waals surface area contributed by atoms with E-state index in [0.717, 1.165) is 0 Å². The molecule has 0 fully saturated rings. The van der Waals surface area contributed by atoms with Crippen molar-refractivity contribution in [3.05, 3.63) is 35.8 Å². The minimum Gasteiger partial charge on any atom is -0.363 e. The lowest BCUT2D eigenvalue weighted by Gasteiger charge is -2.26. The Bertz CT molecular complexity index is 667. The molecule has 0 amide bonds. The summed E-state index contributed by atoms with van der Waals surface area (Å²) in [6.07, 6.45) is -3.95. The minimum absolute atomic E-state index is 0.0283. The molecule has 22 heavy (non-hydrogen) atoms. The number of alkyl halides is 3. The van der Waals surface area contributed by atoms with Crippen LogP contribution in [0.3, 0.4) is 0 Å². The van der Waals surface area contributed by atoms with Crippen LogP contribution in [0, 0.1) is 11.9 Å². The first kappa shape index (κ1) is 14.7. The fraction of sp³-hybridized carbons (Fsp3) is 0.462. The van der Waals surface area contributed by atoms with Gasteiger partial charge in [0.05, 0.1) is 12.5 Å². The summed E-state index contributed by atoms with van der Waals surface area (Å²) in [5.41, 5.74) is 0. The molecule has 3 heterocycles. The van der Waals surface area contributed by atoms with Crippen molar-refractivity contribution in [1.82, 2.24) is 19.7 Å². The summed E-state index contributed by atoms with van der Waals surface area (Å²) in [6, 6.07) is 4.26. The number of anilines is 1. The number of pyridine rings is 1. The molecule has 0 aromatic carbocycles. The van der Waals surface area contributed by atoms with Crippen LogP contribution in [-0.2, 0) is 19.5 Å². The van der Waals surface area contributed by atoms with Gasteiger partial charge in [-0.2, -0.15) is 17.6 Å². The molecule has 1 unspecified atom stereocenters. The summed E-state index contributed by atoms with van der Waals surface area (Å²) < 4.78 is 53.0. The van der Waals surface area contributed by atoms with Crippen molar-refractivity contribution < 1.29 is 17.6 Å². The Morgan fingerprint density at radius 3 is 2.82 bits per heavy atom. The first-order valence-corrected chi connectivity index (χ1v) is 6.77. The van der Waals surface area contributed by atoms with Crippen molar-refractivity contribution in [1.29, 1.82) is 0 Å². The average Bonchev–Trinajstić information content (AvgIpc) is 2.86. The highest BCUT2D eigenvalue weighted by atomic mass is 19.4. The van der Waals surface area contributed by atoms with Crippen LogP contribution in [0.4, 0.5) is 23.4 Å². The van der Waals surface area contributed by atoms with Crippen LogP contribution in [0.5, 0.6) is 0 Å². The number of hydrogen-bond acceptors (Lipinski definition) is 4. The SMILES string of the molecule is Fc1cccc(NCc2nnc3n2CC(C(F)(F)F)CC3)n1. The molecular weight excluding hydrogens is 302 g/mol. The Balaban J connectivity index is 1.73. The predicted molar refractivity (Wildman–Crippen MR) is 69.4 cm³/mol. The Morgan fingerprint density at radius 2 is 2.09 bits per heavy atom. The van der Waals surface area contributed by atoms with Crippen molar-refractivity contribution in [2.24, 2.45) is 5.92 Å². The summed E-state index contributed by atoms with van der Waals surface area (Å²) in [5.74, 6) is -0.799. The monoisotopic (exact) mass is 315 g/mol. The molecule has 0 radical (unpaired) electrons. The van der Waals surface area contributed by atoms with Crippen molar-refractivity contribution in [2.75, 3.05) is 5.32 Å². The third kappa shape index (κ3) is 3.02. The van der Waals surface area contributed by atoms with Gasteiger partial charge in [-0.3, -0.25) is 0 Å². The smallest absolute Gasteiger partial charge is 0.363 e. The average molecular weight is 315 g/mol.